The molecule has 1 N–H and O–H groups in total. The smallest absolute Gasteiger partial charge is 0.341 e. The molecule has 1 aromatic carbocycles. The second kappa shape index (κ2) is 9.97. The number of thioether (sulfide) groups is 1. The van der Waals surface area contributed by atoms with Crippen molar-refractivity contribution in [1.82, 2.24) is 10.3 Å². The quantitative estimate of drug-likeness (QED) is 0.563. The van der Waals surface area contributed by atoms with E-state index in [2.05, 4.69) is 24.1 Å². The van der Waals surface area contributed by atoms with Crippen molar-refractivity contribution in [2.45, 2.75) is 31.3 Å². The molecule has 138 valence electrons. The lowest BCUT2D eigenvalue weighted by Gasteiger charge is -2.21. The van der Waals surface area contributed by atoms with E-state index >= 15 is 0 Å². The summed E-state index contributed by atoms with van der Waals surface area (Å²) in [6.45, 7) is 3.89. The van der Waals surface area contributed by atoms with Gasteiger partial charge in [-0.05, 0) is 36.3 Å². The van der Waals surface area contributed by atoms with Gasteiger partial charge in [0.2, 0.25) is 0 Å². The Morgan fingerprint density at radius 3 is 2.54 bits per heavy atom. The van der Waals surface area contributed by atoms with Gasteiger partial charge in [-0.3, -0.25) is 4.79 Å². The molecule has 0 fully saturated rings. The van der Waals surface area contributed by atoms with Crippen molar-refractivity contribution in [1.29, 1.82) is 0 Å². The molecule has 26 heavy (non-hydrogen) atoms. The second-order valence-corrected chi connectivity index (χ2v) is 7.09. The van der Waals surface area contributed by atoms with Crippen LogP contribution in [0.25, 0.3) is 0 Å². The van der Waals surface area contributed by atoms with Crippen LogP contribution in [-0.4, -0.2) is 29.7 Å². The number of nitrogens with zero attached hydrogens (tertiary/aromatic N) is 1. The van der Waals surface area contributed by atoms with Gasteiger partial charge in [0.15, 0.2) is 6.61 Å². The molecular formula is C20H24N2O3S. The van der Waals surface area contributed by atoms with E-state index in [0.717, 1.165) is 12.0 Å². The topological polar surface area (TPSA) is 68.3 Å². The van der Waals surface area contributed by atoms with Crippen LogP contribution in [-0.2, 0) is 9.53 Å². The number of ether oxygens (including phenoxy) is 1. The first kappa shape index (κ1) is 20.0. The minimum Gasteiger partial charge on any atom is -0.452 e. The molecule has 0 radical (unpaired) electrons. The molecule has 0 aliphatic rings. The fourth-order valence-corrected chi connectivity index (χ4v) is 3.13. The van der Waals surface area contributed by atoms with Crippen LogP contribution >= 0.6 is 11.8 Å². The highest BCUT2D eigenvalue weighted by molar-refractivity contribution is 7.98. The second-order valence-electron chi connectivity index (χ2n) is 6.30. The van der Waals surface area contributed by atoms with Gasteiger partial charge in [0.25, 0.3) is 5.91 Å². The first-order chi connectivity index (χ1) is 12.5. The van der Waals surface area contributed by atoms with Crippen LogP contribution in [0.4, 0.5) is 0 Å². The molecule has 1 heterocycles. The summed E-state index contributed by atoms with van der Waals surface area (Å²) in [6.07, 6.45) is 4.26. The zero-order valence-electron chi connectivity index (χ0n) is 15.3. The predicted molar refractivity (Wildman–Crippen MR) is 103 cm³/mol. The highest BCUT2D eigenvalue weighted by atomic mass is 32.2. The molecule has 0 aliphatic carbocycles. The molecule has 2 rings (SSSR count). The summed E-state index contributed by atoms with van der Waals surface area (Å²) in [6, 6.07) is 13.0. The molecule has 1 amide bonds. The van der Waals surface area contributed by atoms with Gasteiger partial charge in [0, 0.05) is 6.20 Å². The Balaban J connectivity index is 1.96. The minimum atomic E-state index is -0.544. The molecule has 2 aromatic rings. The minimum absolute atomic E-state index is 0.109. The summed E-state index contributed by atoms with van der Waals surface area (Å²) >= 11 is 1.36. The third-order valence-corrected chi connectivity index (χ3v) is 4.48. The molecule has 0 unspecified atom stereocenters. The van der Waals surface area contributed by atoms with Crippen LogP contribution in [0.15, 0.2) is 53.7 Å². The Hall–Kier alpha value is -2.34. The zero-order chi connectivity index (χ0) is 18.9. The summed E-state index contributed by atoms with van der Waals surface area (Å²) in [5.41, 5.74) is 1.41. The summed E-state index contributed by atoms with van der Waals surface area (Å²) in [7, 11) is 0. The third-order valence-electron chi connectivity index (χ3n) is 3.76. The third kappa shape index (κ3) is 5.88. The molecule has 6 heteroatoms. The Kier molecular flexibility index (Phi) is 7.66. The van der Waals surface area contributed by atoms with Crippen molar-refractivity contribution in [2.24, 2.45) is 5.92 Å². The van der Waals surface area contributed by atoms with E-state index in [-0.39, 0.29) is 18.6 Å². The van der Waals surface area contributed by atoms with Gasteiger partial charge >= 0.3 is 5.97 Å². The number of carbonyl (C=O) groups excluding carboxylic acids is 2. The Bertz CT molecular complexity index is 735. The van der Waals surface area contributed by atoms with E-state index in [1.165, 1.54) is 11.8 Å². The predicted octanol–water partition coefficient (Wildman–Crippen LogP) is 3.86. The number of hydrogen-bond donors (Lipinski definition) is 1. The monoisotopic (exact) mass is 372 g/mol. The van der Waals surface area contributed by atoms with Crippen LogP contribution in [0.3, 0.4) is 0 Å². The molecule has 0 saturated carbocycles. The first-order valence-corrected chi connectivity index (χ1v) is 9.74. The van der Waals surface area contributed by atoms with Crippen molar-refractivity contribution in [3.63, 3.8) is 0 Å². The normalized spacial score (nSPS) is 11.8. The molecule has 0 bridgehead atoms. The molecule has 1 atom stereocenters. The number of amides is 1. The van der Waals surface area contributed by atoms with Crippen LogP contribution in [0.2, 0.25) is 0 Å². The molecule has 1 aromatic heterocycles. The molecule has 0 saturated heterocycles. The number of nitrogens with one attached hydrogen (secondary N) is 1. The van der Waals surface area contributed by atoms with Gasteiger partial charge < -0.3 is 10.1 Å². The maximum absolute atomic E-state index is 12.3. The molecule has 5 nitrogen and oxygen atoms in total. The number of hydrogen-bond acceptors (Lipinski definition) is 5. The molecule has 0 aliphatic heterocycles. The van der Waals surface area contributed by atoms with Crippen molar-refractivity contribution in [3.8, 4) is 0 Å². The zero-order valence-corrected chi connectivity index (χ0v) is 16.1. The molecular weight excluding hydrogens is 348 g/mol. The SMILES string of the molecule is CSc1ncccc1C(=O)OCC(=O)N[C@@H](CC(C)C)c1ccccc1. The average molecular weight is 372 g/mol. The van der Waals surface area contributed by atoms with Gasteiger partial charge in [0.05, 0.1) is 11.6 Å². The first-order valence-electron chi connectivity index (χ1n) is 8.51. The largest absolute Gasteiger partial charge is 0.452 e. The Morgan fingerprint density at radius 2 is 1.88 bits per heavy atom. The number of esters is 1. The van der Waals surface area contributed by atoms with E-state index in [1.807, 2.05) is 36.6 Å². The van der Waals surface area contributed by atoms with E-state index < -0.39 is 5.97 Å². The van der Waals surface area contributed by atoms with Crippen LogP contribution < -0.4 is 5.32 Å². The average Bonchev–Trinajstić information content (AvgIpc) is 2.66. The summed E-state index contributed by atoms with van der Waals surface area (Å²) in [5.74, 6) is -0.442. The maximum atomic E-state index is 12.3. The van der Waals surface area contributed by atoms with Crippen molar-refractivity contribution in [3.05, 3.63) is 59.8 Å². The lowest BCUT2D eigenvalue weighted by molar-refractivity contribution is -0.125. The van der Waals surface area contributed by atoms with Gasteiger partial charge in [-0.15, -0.1) is 11.8 Å². The lowest BCUT2D eigenvalue weighted by atomic mass is 9.97. The van der Waals surface area contributed by atoms with Crippen molar-refractivity contribution in [2.75, 3.05) is 12.9 Å². The number of rotatable bonds is 8. The van der Waals surface area contributed by atoms with E-state index in [1.54, 1.807) is 18.3 Å². The van der Waals surface area contributed by atoms with Gasteiger partial charge in [-0.2, -0.15) is 0 Å². The summed E-state index contributed by atoms with van der Waals surface area (Å²) in [5, 5.41) is 3.55. The van der Waals surface area contributed by atoms with Crippen molar-refractivity contribution >= 4 is 23.6 Å². The Morgan fingerprint density at radius 1 is 1.15 bits per heavy atom. The van der Waals surface area contributed by atoms with Gasteiger partial charge in [-0.1, -0.05) is 44.2 Å². The number of aromatic nitrogens is 1. The maximum Gasteiger partial charge on any atom is 0.341 e. The number of benzene rings is 1. The standard InChI is InChI=1S/C20H24N2O3S/c1-14(2)12-17(15-8-5-4-6-9-15)22-18(23)13-25-20(24)16-10-7-11-21-19(16)26-3/h4-11,14,17H,12-13H2,1-3H3,(H,22,23)/t17-/m0/s1. The summed E-state index contributed by atoms with van der Waals surface area (Å²) < 4.78 is 5.17. The van der Waals surface area contributed by atoms with Crippen molar-refractivity contribution < 1.29 is 14.3 Å². The highest BCUT2D eigenvalue weighted by Gasteiger charge is 2.18. The van der Waals surface area contributed by atoms with E-state index in [9.17, 15) is 9.59 Å². The van der Waals surface area contributed by atoms with Crippen LogP contribution in [0.5, 0.6) is 0 Å². The fourth-order valence-electron chi connectivity index (χ4n) is 2.59. The molecule has 0 spiro atoms. The Labute approximate surface area is 158 Å². The fraction of sp³-hybridized carbons (Fsp3) is 0.350. The van der Waals surface area contributed by atoms with Crippen LogP contribution in [0.1, 0.15) is 42.2 Å². The number of pyridine rings is 1. The van der Waals surface area contributed by atoms with E-state index in [4.69, 9.17) is 4.74 Å². The number of carbonyl (C=O) groups is 2. The van der Waals surface area contributed by atoms with Gasteiger partial charge in [0.1, 0.15) is 5.03 Å². The van der Waals surface area contributed by atoms with E-state index in [0.29, 0.717) is 16.5 Å². The van der Waals surface area contributed by atoms with Gasteiger partial charge in [-0.25, -0.2) is 9.78 Å². The lowest BCUT2D eigenvalue weighted by Crippen LogP contribution is -2.33. The highest BCUT2D eigenvalue weighted by Crippen LogP contribution is 2.21. The summed E-state index contributed by atoms with van der Waals surface area (Å²) in [4.78, 5) is 28.6. The van der Waals surface area contributed by atoms with Crippen LogP contribution in [0, 0.1) is 5.92 Å².